The number of rotatable bonds is 4. The lowest BCUT2D eigenvalue weighted by atomic mass is 10.2. The van der Waals surface area contributed by atoms with Crippen LogP contribution in [-0.2, 0) is 0 Å². The Labute approximate surface area is 157 Å². The van der Waals surface area contributed by atoms with Crippen molar-refractivity contribution in [1.82, 2.24) is 10.2 Å². The molecule has 128 valence electrons. The Bertz CT molecular complexity index is 899. The van der Waals surface area contributed by atoms with Crippen molar-refractivity contribution in [3.63, 3.8) is 0 Å². The molecule has 1 heterocycles. The number of nitrogens with zero attached hydrogens (tertiary/aromatic N) is 2. The number of hydrogen-bond donors (Lipinski definition) is 2. The maximum Gasteiger partial charge on any atom is 0.325 e. The summed E-state index contributed by atoms with van der Waals surface area (Å²) < 4.78 is 5.12. The van der Waals surface area contributed by atoms with Gasteiger partial charge >= 0.3 is 6.03 Å². The number of ether oxygens (including phenoxy) is 1. The van der Waals surface area contributed by atoms with Gasteiger partial charge in [-0.1, -0.05) is 34.5 Å². The first kappa shape index (κ1) is 17.5. The SMILES string of the molecule is COc1ccc(-c2nnc(NC(=O)Nc3ccc(Cl)c(Cl)c3)s2)cc1. The molecular weight excluding hydrogens is 383 g/mol. The number of urea groups is 1. The number of carbonyl (C=O) groups excluding carboxylic acids is 1. The van der Waals surface area contributed by atoms with E-state index in [9.17, 15) is 4.79 Å². The van der Waals surface area contributed by atoms with E-state index in [0.29, 0.717) is 25.9 Å². The van der Waals surface area contributed by atoms with E-state index < -0.39 is 6.03 Å². The quantitative estimate of drug-likeness (QED) is 0.640. The van der Waals surface area contributed by atoms with Crippen LogP contribution in [0.5, 0.6) is 5.75 Å². The van der Waals surface area contributed by atoms with Gasteiger partial charge in [0.2, 0.25) is 5.13 Å². The Hall–Kier alpha value is -2.35. The van der Waals surface area contributed by atoms with Gasteiger partial charge in [-0.15, -0.1) is 10.2 Å². The lowest BCUT2D eigenvalue weighted by molar-refractivity contribution is 0.262. The Morgan fingerprint density at radius 1 is 1.04 bits per heavy atom. The highest BCUT2D eigenvalue weighted by atomic mass is 35.5. The monoisotopic (exact) mass is 394 g/mol. The number of methoxy groups -OCH3 is 1. The van der Waals surface area contributed by atoms with Crippen LogP contribution in [0.1, 0.15) is 0 Å². The van der Waals surface area contributed by atoms with E-state index in [4.69, 9.17) is 27.9 Å². The van der Waals surface area contributed by atoms with Crippen molar-refractivity contribution >= 4 is 51.4 Å². The van der Waals surface area contributed by atoms with Crippen LogP contribution in [0.3, 0.4) is 0 Å². The van der Waals surface area contributed by atoms with E-state index in [1.165, 1.54) is 11.3 Å². The molecule has 0 aliphatic carbocycles. The third-order valence-electron chi connectivity index (χ3n) is 3.16. The van der Waals surface area contributed by atoms with Crippen LogP contribution < -0.4 is 15.4 Å². The van der Waals surface area contributed by atoms with Crippen molar-refractivity contribution in [1.29, 1.82) is 0 Å². The van der Waals surface area contributed by atoms with Crippen LogP contribution in [0, 0.1) is 0 Å². The maximum absolute atomic E-state index is 12.0. The summed E-state index contributed by atoms with van der Waals surface area (Å²) in [5.74, 6) is 0.757. The summed E-state index contributed by atoms with van der Waals surface area (Å²) in [6, 6.07) is 11.8. The fourth-order valence-corrected chi connectivity index (χ4v) is 3.00. The predicted molar refractivity (Wildman–Crippen MR) is 101 cm³/mol. The lowest BCUT2D eigenvalue weighted by Gasteiger charge is -2.06. The molecule has 0 atom stereocenters. The number of anilines is 2. The van der Waals surface area contributed by atoms with Crippen LogP contribution in [0.2, 0.25) is 10.0 Å². The van der Waals surface area contributed by atoms with Crippen LogP contribution in [0.25, 0.3) is 10.6 Å². The predicted octanol–water partition coefficient (Wildman–Crippen LogP) is 5.16. The van der Waals surface area contributed by atoms with Gasteiger partial charge in [0.25, 0.3) is 0 Å². The fraction of sp³-hybridized carbons (Fsp3) is 0.0625. The van der Waals surface area contributed by atoms with E-state index in [1.54, 1.807) is 25.3 Å². The summed E-state index contributed by atoms with van der Waals surface area (Å²) >= 11 is 13.0. The Morgan fingerprint density at radius 3 is 2.48 bits per heavy atom. The molecule has 1 aromatic heterocycles. The number of aromatic nitrogens is 2. The van der Waals surface area contributed by atoms with Crippen molar-refractivity contribution in [3.05, 3.63) is 52.5 Å². The van der Waals surface area contributed by atoms with Crippen molar-refractivity contribution in [3.8, 4) is 16.3 Å². The van der Waals surface area contributed by atoms with Crippen LogP contribution in [0.4, 0.5) is 15.6 Å². The zero-order valence-corrected chi connectivity index (χ0v) is 15.2. The molecule has 0 bridgehead atoms. The number of nitrogens with one attached hydrogen (secondary N) is 2. The van der Waals surface area contributed by atoms with E-state index in [2.05, 4.69) is 20.8 Å². The van der Waals surface area contributed by atoms with Crippen molar-refractivity contribution in [2.75, 3.05) is 17.7 Å². The van der Waals surface area contributed by atoms with Gasteiger partial charge in [-0.2, -0.15) is 0 Å². The van der Waals surface area contributed by atoms with Crippen LogP contribution in [0.15, 0.2) is 42.5 Å². The normalized spacial score (nSPS) is 10.4. The summed E-state index contributed by atoms with van der Waals surface area (Å²) in [7, 11) is 1.61. The zero-order chi connectivity index (χ0) is 17.8. The molecule has 0 spiro atoms. The first-order valence-electron chi connectivity index (χ1n) is 7.06. The molecule has 0 fully saturated rings. The first-order chi connectivity index (χ1) is 12.0. The Kier molecular flexibility index (Phi) is 5.37. The molecule has 2 aromatic carbocycles. The van der Waals surface area contributed by atoms with Gasteiger partial charge in [0, 0.05) is 11.3 Å². The molecule has 2 amide bonds. The average molecular weight is 395 g/mol. The molecule has 0 aliphatic rings. The number of amides is 2. The molecule has 0 radical (unpaired) electrons. The average Bonchev–Trinajstić information content (AvgIpc) is 3.06. The van der Waals surface area contributed by atoms with Crippen molar-refractivity contribution in [2.45, 2.75) is 0 Å². The summed E-state index contributed by atoms with van der Waals surface area (Å²) in [5, 5.41) is 15.2. The highest BCUT2D eigenvalue weighted by Gasteiger charge is 2.10. The molecule has 0 saturated carbocycles. The van der Waals surface area contributed by atoms with Crippen molar-refractivity contribution < 1.29 is 9.53 Å². The Balaban J connectivity index is 1.65. The summed E-state index contributed by atoms with van der Waals surface area (Å²) in [6.07, 6.45) is 0. The highest BCUT2D eigenvalue weighted by molar-refractivity contribution is 7.18. The molecule has 3 aromatic rings. The van der Waals surface area contributed by atoms with Crippen molar-refractivity contribution in [2.24, 2.45) is 0 Å². The summed E-state index contributed by atoms with van der Waals surface area (Å²) in [4.78, 5) is 12.0. The fourth-order valence-electron chi connectivity index (χ4n) is 1.96. The van der Waals surface area contributed by atoms with Gasteiger partial charge < -0.3 is 10.1 Å². The molecule has 3 rings (SSSR count). The third-order valence-corrected chi connectivity index (χ3v) is 4.79. The van der Waals surface area contributed by atoms with Gasteiger partial charge in [-0.25, -0.2) is 4.79 Å². The second kappa shape index (κ2) is 7.69. The maximum atomic E-state index is 12.0. The Morgan fingerprint density at radius 2 is 1.80 bits per heavy atom. The van der Waals surface area contributed by atoms with Gasteiger partial charge in [0.1, 0.15) is 10.8 Å². The van der Waals surface area contributed by atoms with E-state index >= 15 is 0 Å². The molecule has 25 heavy (non-hydrogen) atoms. The molecular formula is C16H12Cl2N4O2S. The second-order valence-corrected chi connectivity index (χ2v) is 6.64. The number of carbonyl (C=O) groups is 1. The zero-order valence-electron chi connectivity index (χ0n) is 12.9. The standard InChI is InChI=1S/C16H12Cl2N4O2S/c1-24-11-5-2-9(3-6-11)14-21-22-16(25-14)20-15(23)19-10-4-7-12(17)13(18)8-10/h2-8H,1H3,(H2,19,20,22,23). The highest BCUT2D eigenvalue weighted by Crippen LogP contribution is 2.28. The summed E-state index contributed by atoms with van der Waals surface area (Å²) in [6.45, 7) is 0. The smallest absolute Gasteiger partial charge is 0.325 e. The largest absolute Gasteiger partial charge is 0.497 e. The molecule has 9 heteroatoms. The van der Waals surface area contributed by atoms with Gasteiger partial charge in [-0.05, 0) is 42.5 Å². The van der Waals surface area contributed by atoms with E-state index in [1.807, 2.05) is 24.3 Å². The van der Waals surface area contributed by atoms with Crippen LogP contribution >= 0.6 is 34.5 Å². The van der Waals surface area contributed by atoms with E-state index in [0.717, 1.165) is 11.3 Å². The molecule has 0 aliphatic heterocycles. The molecule has 2 N–H and O–H groups in total. The molecule has 0 saturated heterocycles. The third kappa shape index (κ3) is 4.39. The van der Waals surface area contributed by atoms with Gasteiger partial charge in [0.05, 0.1) is 17.2 Å². The minimum atomic E-state index is -0.448. The number of benzene rings is 2. The second-order valence-electron chi connectivity index (χ2n) is 4.85. The van der Waals surface area contributed by atoms with E-state index in [-0.39, 0.29) is 0 Å². The van der Waals surface area contributed by atoms with Crippen LogP contribution in [-0.4, -0.2) is 23.3 Å². The minimum absolute atomic E-state index is 0.358. The first-order valence-corrected chi connectivity index (χ1v) is 8.63. The molecule has 0 unspecified atom stereocenters. The summed E-state index contributed by atoms with van der Waals surface area (Å²) in [5.41, 5.74) is 1.41. The number of halogens is 2. The van der Waals surface area contributed by atoms with Gasteiger partial charge in [0.15, 0.2) is 0 Å². The number of hydrogen-bond acceptors (Lipinski definition) is 5. The lowest BCUT2D eigenvalue weighted by Crippen LogP contribution is -2.19. The minimum Gasteiger partial charge on any atom is -0.497 e. The van der Waals surface area contributed by atoms with Gasteiger partial charge in [-0.3, -0.25) is 5.32 Å². The topological polar surface area (TPSA) is 76.1 Å². The molecule has 6 nitrogen and oxygen atoms in total.